The molecule has 0 bridgehead atoms. The third kappa shape index (κ3) is 2.13. The van der Waals surface area contributed by atoms with Gasteiger partial charge < -0.3 is 5.32 Å². The van der Waals surface area contributed by atoms with Crippen molar-refractivity contribution in [2.45, 2.75) is 5.25 Å². The van der Waals surface area contributed by atoms with Gasteiger partial charge in [0.05, 0.1) is 5.25 Å². The summed E-state index contributed by atoms with van der Waals surface area (Å²) in [5.41, 5.74) is 0.591. The summed E-state index contributed by atoms with van der Waals surface area (Å²) in [4.78, 5) is 15.7. The summed E-state index contributed by atoms with van der Waals surface area (Å²) >= 11 is 1.71. The Morgan fingerprint density at radius 1 is 1.71 bits per heavy atom. The lowest BCUT2D eigenvalue weighted by Crippen LogP contribution is -2.37. The Morgan fingerprint density at radius 3 is 3.29 bits per heavy atom. The van der Waals surface area contributed by atoms with Gasteiger partial charge in [0.25, 0.3) is 0 Å². The third-order valence-electron chi connectivity index (χ3n) is 2.09. The SMILES string of the molecule is O=C(c1[c]nccc1)C1CNCCS1. The summed E-state index contributed by atoms with van der Waals surface area (Å²) in [5, 5.41) is 3.24. The van der Waals surface area contributed by atoms with Crippen molar-refractivity contribution in [1.29, 1.82) is 0 Å². The molecule has 2 heterocycles. The first kappa shape index (κ1) is 9.68. The molecule has 2 rings (SSSR count). The van der Waals surface area contributed by atoms with E-state index in [-0.39, 0.29) is 11.0 Å². The minimum absolute atomic E-state index is 0.0317. The zero-order chi connectivity index (χ0) is 9.80. The number of Topliss-reactive ketones (excluding diaryl/α,β-unsaturated/α-hetero) is 1. The van der Waals surface area contributed by atoms with Gasteiger partial charge >= 0.3 is 0 Å². The van der Waals surface area contributed by atoms with Crippen LogP contribution in [-0.4, -0.2) is 34.9 Å². The normalized spacial score (nSPS) is 21.9. The van der Waals surface area contributed by atoms with Crippen molar-refractivity contribution in [1.82, 2.24) is 10.3 Å². The van der Waals surface area contributed by atoms with E-state index in [0.29, 0.717) is 5.56 Å². The highest BCUT2D eigenvalue weighted by Crippen LogP contribution is 2.17. The van der Waals surface area contributed by atoms with Crippen molar-refractivity contribution >= 4 is 17.5 Å². The van der Waals surface area contributed by atoms with Crippen LogP contribution in [0.5, 0.6) is 0 Å². The standard InChI is InChI=1S/C10H11N2OS/c13-10(8-2-1-3-11-6-8)9-7-12-4-5-14-9/h1-3,9,12H,4-5,7H2. The Bertz CT molecular complexity index is 309. The molecule has 73 valence electrons. The quantitative estimate of drug-likeness (QED) is 0.727. The highest BCUT2D eigenvalue weighted by molar-refractivity contribution is 8.00. The van der Waals surface area contributed by atoms with Crippen molar-refractivity contribution in [3.05, 3.63) is 30.1 Å². The van der Waals surface area contributed by atoms with Gasteiger partial charge in [-0.1, -0.05) is 0 Å². The number of pyridine rings is 1. The Balaban J connectivity index is 2.07. The van der Waals surface area contributed by atoms with Crippen molar-refractivity contribution in [2.24, 2.45) is 0 Å². The van der Waals surface area contributed by atoms with E-state index in [4.69, 9.17) is 0 Å². The van der Waals surface area contributed by atoms with Crippen LogP contribution in [0, 0.1) is 6.20 Å². The highest BCUT2D eigenvalue weighted by Gasteiger charge is 2.22. The number of hydrogen-bond acceptors (Lipinski definition) is 4. The predicted molar refractivity (Wildman–Crippen MR) is 56.5 cm³/mol. The summed E-state index contributed by atoms with van der Waals surface area (Å²) in [6, 6.07) is 3.54. The number of carbonyl (C=O) groups excluding carboxylic acids is 1. The molecule has 14 heavy (non-hydrogen) atoms. The number of nitrogens with one attached hydrogen (secondary N) is 1. The molecule has 1 aliphatic heterocycles. The molecule has 1 atom stereocenters. The van der Waals surface area contributed by atoms with Crippen LogP contribution in [0.2, 0.25) is 0 Å². The molecule has 4 heteroatoms. The van der Waals surface area contributed by atoms with E-state index in [0.717, 1.165) is 18.8 Å². The van der Waals surface area contributed by atoms with Crippen LogP contribution in [-0.2, 0) is 0 Å². The van der Waals surface area contributed by atoms with E-state index >= 15 is 0 Å². The van der Waals surface area contributed by atoms with Crippen LogP contribution in [0.3, 0.4) is 0 Å². The number of ketones is 1. The first-order valence-electron chi connectivity index (χ1n) is 4.57. The highest BCUT2D eigenvalue weighted by atomic mass is 32.2. The molecule has 0 amide bonds. The minimum Gasteiger partial charge on any atom is -0.314 e. The number of nitrogens with zero attached hydrogens (tertiary/aromatic N) is 1. The molecule has 1 aliphatic rings. The van der Waals surface area contributed by atoms with E-state index < -0.39 is 0 Å². The van der Waals surface area contributed by atoms with Crippen LogP contribution >= 0.6 is 11.8 Å². The van der Waals surface area contributed by atoms with Crippen molar-refractivity contribution in [3.63, 3.8) is 0 Å². The Hall–Kier alpha value is -0.870. The van der Waals surface area contributed by atoms with Crippen molar-refractivity contribution in [2.75, 3.05) is 18.8 Å². The second-order valence-corrected chi connectivity index (χ2v) is 4.40. The average molecular weight is 207 g/mol. The monoisotopic (exact) mass is 207 g/mol. The smallest absolute Gasteiger partial charge is 0.179 e. The average Bonchev–Trinajstić information content (AvgIpc) is 2.30. The maximum Gasteiger partial charge on any atom is 0.179 e. The largest absolute Gasteiger partial charge is 0.314 e. The second kappa shape index (κ2) is 4.57. The summed E-state index contributed by atoms with van der Waals surface area (Å²) in [5.74, 6) is 1.13. The van der Waals surface area contributed by atoms with Crippen molar-refractivity contribution in [3.8, 4) is 0 Å². The van der Waals surface area contributed by atoms with Gasteiger partial charge in [0.15, 0.2) is 5.78 Å². The van der Waals surface area contributed by atoms with Crippen LogP contribution < -0.4 is 5.32 Å². The van der Waals surface area contributed by atoms with Gasteiger partial charge in [-0.05, 0) is 12.1 Å². The van der Waals surface area contributed by atoms with Gasteiger partial charge in [0, 0.05) is 30.6 Å². The molecule has 0 spiro atoms. The summed E-state index contributed by atoms with van der Waals surface area (Å²) in [6.07, 6.45) is 4.35. The number of carbonyl (C=O) groups is 1. The van der Waals surface area contributed by atoms with E-state index in [1.54, 1.807) is 30.1 Å². The summed E-state index contributed by atoms with van der Waals surface area (Å²) in [7, 11) is 0. The van der Waals surface area contributed by atoms with Crippen LogP contribution in [0.1, 0.15) is 10.4 Å². The molecule has 1 saturated heterocycles. The molecule has 1 N–H and O–H groups in total. The number of aromatic nitrogens is 1. The van der Waals surface area contributed by atoms with Gasteiger partial charge in [0.2, 0.25) is 0 Å². The summed E-state index contributed by atoms with van der Waals surface area (Å²) in [6.45, 7) is 1.75. The fraction of sp³-hybridized carbons (Fsp3) is 0.400. The zero-order valence-electron chi connectivity index (χ0n) is 7.69. The van der Waals surface area contributed by atoms with Gasteiger partial charge in [-0.2, -0.15) is 0 Å². The number of hydrogen-bond donors (Lipinski definition) is 1. The molecular weight excluding hydrogens is 196 g/mol. The second-order valence-electron chi connectivity index (χ2n) is 3.09. The van der Waals surface area contributed by atoms with Crippen LogP contribution in [0.15, 0.2) is 18.3 Å². The maximum absolute atomic E-state index is 11.9. The number of thioether (sulfide) groups is 1. The molecule has 0 aliphatic carbocycles. The fourth-order valence-corrected chi connectivity index (χ4v) is 2.43. The molecule has 1 radical (unpaired) electrons. The lowest BCUT2D eigenvalue weighted by molar-refractivity contribution is 0.0987. The first-order valence-corrected chi connectivity index (χ1v) is 5.62. The van der Waals surface area contributed by atoms with E-state index in [1.807, 2.05) is 0 Å². The molecular formula is C10H11N2OS. The Labute approximate surface area is 87.3 Å². The van der Waals surface area contributed by atoms with Gasteiger partial charge in [-0.25, -0.2) is 0 Å². The lowest BCUT2D eigenvalue weighted by Gasteiger charge is -2.20. The van der Waals surface area contributed by atoms with E-state index in [9.17, 15) is 4.79 Å². The van der Waals surface area contributed by atoms with Gasteiger partial charge in [-0.15, -0.1) is 11.8 Å². The van der Waals surface area contributed by atoms with Gasteiger partial charge in [0.1, 0.15) is 6.20 Å². The minimum atomic E-state index is 0.0317. The molecule has 0 aromatic carbocycles. The maximum atomic E-state index is 11.9. The molecule has 1 fully saturated rings. The van der Waals surface area contributed by atoms with Crippen molar-refractivity contribution < 1.29 is 4.79 Å². The molecule has 0 saturated carbocycles. The first-order chi connectivity index (χ1) is 6.88. The Morgan fingerprint density at radius 2 is 2.64 bits per heavy atom. The topological polar surface area (TPSA) is 42.0 Å². The molecule has 3 nitrogen and oxygen atoms in total. The van der Waals surface area contributed by atoms with E-state index in [1.165, 1.54) is 0 Å². The van der Waals surface area contributed by atoms with Crippen LogP contribution in [0.25, 0.3) is 0 Å². The Kier molecular flexibility index (Phi) is 3.16. The number of rotatable bonds is 2. The molecule has 1 aromatic heterocycles. The summed E-state index contributed by atoms with van der Waals surface area (Å²) < 4.78 is 0. The lowest BCUT2D eigenvalue weighted by atomic mass is 10.1. The van der Waals surface area contributed by atoms with E-state index in [2.05, 4.69) is 16.5 Å². The zero-order valence-corrected chi connectivity index (χ0v) is 8.51. The van der Waals surface area contributed by atoms with Crippen LogP contribution in [0.4, 0.5) is 0 Å². The predicted octanol–water partition coefficient (Wildman–Crippen LogP) is 0.769. The fourth-order valence-electron chi connectivity index (χ4n) is 1.37. The molecule has 1 unspecified atom stereocenters. The molecule has 1 aromatic rings. The van der Waals surface area contributed by atoms with Gasteiger partial charge in [-0.3, -0.25) is 9.78 Å². The third-order valence-corrected chi connectivity index (χ3v) is 3.32.